The van der Waals surface area contributed by atoms with Crippen molar-refractivity contribution in [2.45, 2.75) is 6.54 Å². The van der Waals surface area contributed by atoms with Crippen LogP contribution in [0.1, 0.15) is 5.69 Å². The van der Waals surface area contributed by atoms with Gasteiger partial charge in [0, 0.05) is 11.9 Å². The van der Waals surface area contributed by atoms with Crippen molar-refractivity contribution in [2.24, 2.45) is 5.73 Å². The van der Waals surface area contributed by atoms with Crippen molar-refractivity contribution in [1.29, 1.82) is 0 Å². The van der Waals surface area contributed by atoms with Crippen molar-refractivity contribution in [3.63, 3.8) is 0 Å². The Morgan fingerprint density at radius 3 is 3.00 bits per heavy atom. The number of H-pyrrole nitrogens is 1. The number of aromatic amines is 1. The molecular weight excluding hydrogens is 206 g/mol. The van der Waals surface area contributed by atoms with Gasteiger partial charge in [-0.3, -0.25) is 0 Å². The molecule has 0 aliphatic carbocycles. The maximum atomic E-state index is 11.3. The summed E-state index contributed by atoms with van der Waals surface area (Å²) in [4.78, 5) is 17.8. The van der Waals surface area contributed by atoms with Gasteiger partial charge in [0.05, 0.1) is 5.69 Å². The van der Waals surface area contributed by atoms with E-state index in [1.54, 1.807) is 0 Å². The molecule has 0 aliphatic heterocycles. The van der Waals surface area contributed by atoms with Gasteiger partial charge in [-0.05, 0) is 12.1 Å². The number of aromatic nitrogens is 2. The van der Waals surface area contributed by atoms with E-state index in [9.17, 15) is 4.79 Å². The Morgan fingerprint density at radius 1 is 1.38 bits per heavy atom. The van der Waals surface area contributed by atoms with E-state index in [2.05, 4.69) is 9.97 Å². The Kier molecular flexibility index (Phi) is 1.81. The first-order chi connectivity index (χ1) is 7.79. The van der Waals surface area contributed by atoms with Gasteiger partial charge in [0.25, 0.3) is 0 Å². The number of rotatable bonds is 1. The first-order valence-electron chi connectivity index (χ1n) is 4.90. The zero-order valence-corrected chi connectivity index (χ0v) is 8.36. The zero-order valence-electron chi connectivity index (χ0n) is 8.36. The number of nitrogens with zero attached hydrogens (tertiary/aromatic N) is 1. The molecule has 0 fully saturated rings. The van der Waals surface area contributed by atoms with E-state index in [0.717, 1.165) is 5.39 Å². The minimum atomic E-state index is -0.403. The second-order valence-corrected chi connectivity index (χ2v) is 3.50. The lowest BCUT2D eigenvalue weighted by atomic mass is 10.2. The molecule has 1 aromatic carbocycles. The molecule has 3 N–H and O–H groups in total. The summed E-state index contributed by atoms with van der Waals surface area (Å²) in [6.45, 7) is 0.216. The van der Waals surface area contributed by atoms with E-state index in [4.69, 9.17) is 10.2 Å². The van der Waals surface area contributed by atoms with Crippen LogP contribution in [0.4, 0.5) is 0 Å². The fourth-order valence-electron chi connectivity index (χ4n) is 1.81. The molecule has 0 bridgehead atoms. The summed E-state index contributed by atoms with van der Waals surface area (Å²) in [5.74, 6) is 0. The van der Waals surface area contributed by atoms with Gasteiger partial charge in [-0.1, -0.05) is 12.1 Å². The first-order valence-corrected chi connectivity index (χ1v) is 4.90. The number of fused-ring (bicyclic) bond motifs is 3. The molecule has 3 rings (SSSR count). The maximum Gasteiger partial charge on any atom is 0.345 e. The number of nitrogens with two attached hydrogens (primary N) is 1. The van der Waals surface area contributed by atoms with Crippen molar-refractivity contribution < 1.29 is 4.42 Å². The molecule has 0 unspecified atom stereocenters. The fraction of sp³-hybridized carbons (Fsp3) is 0.0909. The number of nitrogens with one attached hydrogen (secondary N) is 1. The maximum absolute atomic E-state index is 11.3. The molecule has 16 heavy (non-hydrogen) atoms. The van der Waals surface area contributed by atoms with E-state index in [-0.39, 0.29) is 6.54 Å². The highest BCUT2D eigenvalue weighted by atomic mass is 16.3. The zero-order chi connectivity index (χ0) is 11.1. The Bertz CT molecular complexity index is 727. The average molecular weight is 215 g/mol. The monoisotopic (exact) mass is 215 g/mol. The minimum absolute atomic E-state index is 0.216. The highest BCUT2D eigenvalue weighted by Crippen LogP contribution is 2.26. The molecule has 5 nitrogen and oxygen atoms in total. The summed E-state index contributed by atoms with van der Waals surface area (Å²) in [6.07, 6.45) is 0. The summed E-state index contributed by atoms with van der Waals surface area (Å²) in [7, 11) is 0. The molecule has 0 saturated carbocycles. The Balaban J connectivity index is 2.59. The third-order valence-electron chi connectivity index (χ3n) is 2.52. The van der Waals surface area contributed by atoms with E-state index >= 15 is 0 Å². The molecule has 0 atom stereocenters. The largest absolute Gasteiger partial charge is 0.452 e. The molecule has 0 radical (unpaired) electrons. The van der Waals surface area contributed by atoms with Crippen LogP contribution < -0.4 is 11.4 Å². The predicted molar refractivity (Wildman–Crippen MR) is 60.0 cm³/mol. The highest BCUT2D eigenvalue weighted by Gasteiger charge is 2.12. The Labute approximate surface area is 89.9 Å². The molecule has 0 aliphatic rings. The molecule has 0 spiro atoms. The van der Waals surface area contributed by atoms with Crippen LogP contribution in [0, 0.1) is 0 Å². The van der Waals surface area contributed by atoms with E-state index in [1.807, 2.05) is 24.3 Å². The first kappa shape index (κ1) is 9.11. The predicted octanol–water partition coefficient (Wildman–Crippen LogP) is 1.13. The molecule has 5 heteroatoms. The van der Waals surface area contributed by atoms with Crippen LogP contribution in [0.15, 0.2) is 33.5 Å². The van der Waals surface area contributed by atoms with E-state index in [1.165, 1.54) is 0 Å². The molecule has 3 aromatic rings. The average Bonchev–Trinajstić information content (AvgIpc) is 2.67. The van der Waals surface area contributed by atoms with Gasteiger partial charge in [0.15, 0.2) is 5.58 Å². The highest BCUT2D eigenvalue weighted by molar-refractivity contribution is 6.02. The van der Waals surface area contributed by atoms with Gasteiger partial charge in [0.1, 0.15) is 11.1 Å². The number of hydrogen-bond acceptors (Lipinski definition) is 4. The van der Waals surface area contributed by atoms with Crippen LogP contribution in [0.3, 0.4) is 0 Å². The summed E-state index contributed by atoms with van der Waals surface area (Å²) >= 11 is 0. The summed E-state index contributed by atoms with van der Waals surface area (Å²) in [5.41, 5.74) is 7.56. The Hall–Kier alpha value is -2.14. The van der Waals surface area contributed by atoms with Crippen LogP contribution in [-0.2, 0) is 6.54 Å². The van der Waals surface area contributed by atoms with Gasteiger partial charge in [0.2, 0.25) is 0 Å². The molecular formula is C11H9N3O2. The Morgan fingerprint density at radius 2 is 2.19 bits per heavy atom. The van der Waals surface area contributed by atoms with Crippen molar-refractivity contribution in [3.8, 4) is 0 Å². The van der Waals surface area contributed by atoms with Crippen LogP contribution in [-0.4, -0.2) is 9.97 Å². The van der Waals surface area contributed by atoms with E-state index in [0.29, 0.717) is 22.4 Å². The third kappa shape index (κ3) is 1.15. The van der Waals surface area contributed by atoms with Crippen molar-refractivity contribution in [1.82, 2.24) is 9.97 Å². The third-order valence-corrected chi connectivity index (χ3v) is 2.52. The molecule has 2 heterocycles. The lowest BCUT2D eigenvalue weighted by Gasteiger charge is -1.95. The number of hydrogen-bond donors (Lipinski definition) is 2. The summed E-state index contributed by atoms with van der Waals surface area (Å²) in [6, 6.07) is 7.45. The van der Waals surface area contributed by atoms with Crippen molar-refractivity contribution in [3.05, 3.63) is 40.4 Å². The molecule has 2 aromatic heterocycles. The van der Waals surface area contributed by atoms with Crippen LogP contribution >= 0.6 is 0 Å². The smallest absolute Gasteiger partial charge is 0.345 e. The molecule has 0 amide bonds. The number of furan rings is 1. The molecule has 80 valence electrons. The van der Waals surface area contributed by atoms with Gasteiger partial charge in [-0.2, -0.15) is 4.98 Å². The van der Waals surface area contributed by atoms with E-state index < -0.39 is 5.69 Å². The van der Waals surface area contributed by atoms with Gasteiger partial charge in [-0.15, -0.1) is 0 Å². The molecule has 0 saturated heterocycles. The lowest BCUT2D eigenvalue weighted by molar-refractivity contribution is 0.656. The summed E-state index contributed by atoms with van der Waals surface area (Å²) in [5, 5.41) is 0.832. The summed E-state index contributed by atoms with van der Waals surface area (Å²) < 4.78 is 5.62. The SMILES string of the molecule is NCc1[nH]c(=O)nc2c1oc1ccccc12. The van der Waals surface area contributed by atoms with Crippen LogP contribution in [0.5, 0.6) is 0 Å². The second kappa shape index (κ2) is 3.18. The number of benzene rings is 1. The number of para-hydroxylation sites is 1. The van der Waals surface area contributed by atoms with Crippen LogP contribution in [0.25, 0.3) is 22.1 Å². The normalized spacial score (nSPS) is 11.3. The van der Waals surface area contributed by atoms with Crippen LogP contribution in [0.2, 0.25) is 0 Å². The minimum Gasteiger partial charge on any atom is -0.452 e. The van der Waals surface area contributed by atoms with Gasteiger partial charge >= 0.3 is 5.69 Å². The fourth-order valence-corrected chi connectivity index (χ4v) is 1.81. The quantitative estimate of drug-likeness (QED) is 0.637. The van der Waals surface area contributed by atoms with Crippen molar-refractivity contribution in [2.75, 3.05) is 0 Å². The van der Waals surface area contributed by atoms with Gasteiger partial charge < -0.3 is 15.1 Å². The lowest BCUT2D eigenvalue weighted by Crippen LogP contribution is -2.14. The van der Waals surface area contributed by atoms with Crippen molar-refractivity contribution >= 4 is 22.1 Å². The topological polar surface area (TPSA) is 84.9 Å². The second-order valence-electron chi connectivity index (χ2n) is 3.50. The standard InChI is InChI=1S/C11H9N3O2/c12-5-7-10-9(14-11(15)13-7)6-3-1-2-4-8(6)16-10/h1-4H,5,12H2,(H,13,14,15). The van der Waals surface area contributed by atoms with Gasteiger partial charge in [-0.25, -0.2) is 4.79 Å².